The molecule has 1 aromatic heterocycles. The van der Waals surface area contributed by atoms with Crippen molar-refractivity contribution in [2.24, 2.45) is 0 Å². The van der Waals surface area contributed by atoms with Gasteiger partial charge in [-0.2, -0.15) is 4.98 Å². The van der Waals surface area contributed by atoms with Gasteiger partial charge in [0.2, 0.25) is 11.8 Å². The lowest BCUT2D eigenvalue weighted by Gasteiger charge is -2.33. The summed E-state index contributed by atoms with van der Waals surface area (Å²) >= 11 is 0. The fraction of sp³-hybridized carbons (Fsp3) is 0.550. The number of nitrogens with zero attached hydrogens (tertiary/aromatic N) is 3. The molecule has 0 spiro atoms. The summed E-state index contributed by atoms with van der Waals surface area (Å²) in [6.45, 7) is 0.760. The lowest BCUT2D eigenvalue weighted by molar-refractivity contribution is -0.135. The van der Waals surface area contributed by atoms with Crippen LogP contribution in [0.15, 0.2) is 28.8 Å². The number of aryl methyl sites for hydroxylation is 1. The fourth-order valence-corrected chi connectivity index (χ4v) is 3.67. The molecule has 0 N–H and O–H groups in total. The lowest BCUT2D eigenvalue weighted by Crippen LogP contribution is -2.38. The molecular formula is C20H25N3O3. The molecule has 2 fully saturated rings. The van der Waals surface area contributed by atoms with Crippen LogP contribution in [0.3, 0.4) is 0 Å². The van der Waals surface area contributed by atoms with Gasteiger partial charge in [-0.05, 0) is 50.2 Å². The van der Waals surface area contributed by atoms with E-state index in [0.29, 0.717) is 24.7 Å². The molecule has 1 aliphatic carbocycles. The quantitative estimate of drug-likeness (QED) is 0.791. The Morgan fingerprint density at radius 3 is 2.92 bits per heavy atom. The van der Waals surface area contributed by atoms with E-state index in [1.807, 2.05) is 29.2 Å². The van der Waals surface area contributed by atoms with Crippen LogP contribution in [0.5, 0.6) is 5.75 Å². The van der Waals surface area contributed by atoms with Crippen LogP contribution in [-0.4, -0.2) is 34.6 Å². The SMILES string of the molecule is COc1ccccc1CCC(=O)N1CCCC[C@H]1c1nc(C2CC2)no1. The maximum absolute atomic E-state index is 12.9. The van der Waals surface area contributed by atoms with Crippen LogP contribution in [0.4, 0.5) is 0 Å². The van der Waals surface area contributed by atoms with Gasteiger partial charge in [0.25, 0.3) is 0 Å². The number of ether oxygens (including phenoxy) is 1. The molecule has 1 saturated heterocycles. The summed E-state index contributed by atoms with van der Waals surface area (Å²) in [7, 11) is 1.66. The summed E-state index contributed by atoms with van der Waals surface area (Å²) in [5.74, 6) is 2.86. The van der Waals surface area contributed by atoms with E-state index in [0.717, 1.165) is 55.8 Å². The van der Waals surface area contributed by atoms with Gasteiger partial charge in [0.05, 0.1) is 7.11 Å². The Balaban J connectivity index is 1.44. The number of methoxy groups -OCH3 is 1. The average molecular weight is 355 g/mol. The Morgan fingerprint density at radius 1 is 1.27 bits per heavy atom. The van der Waals surface area contributed by atoms with E-state index in [1.165, 1.54) is 0 Å². The van der Waals surface area contributed by atoms with Gasteiger partial charge in [-0.25, -0.2) is 0 Å². The first kappa shape index (κ1) is 17.1. The van der Waals surface area contributed by atoms with E-state index in [4.69, 9.17) is 9.26 Å². The third-order valence-electron chi connectivity index (χ3n) is 5.31. The van der Waals surface area contributed by atoms with E-state index in [2.05, 4.69) is 10.1 Å². The monoisotopic (exact) mass is 355 g/mol. The molecule has 2 aliphatic rings. The third kappa shape index (κ3) is 3.59. The third-order valence-corrected chi connectivity index (χ3v) is 5.31. The van der Waals surface area contributed by atoms with E-state index in [-0.39, 0.29) is 11.9 Å². The molecule has 0 bridgehead atoms. The van der Waals surface area contributed by atoms with Crippen molar-refractivity contribution in [3.8, 4) is 5.75 Å². The van der Waals surface area contributed by atoms with Crippen molar-refractivity contribution in [3.05, 3.63) is 41.5 Å². The van der Waals surface area contributed by atoms with Crippen molar-refractivity contribution in [3.63, 3.8) is 0 Å². The Morgan fingerprint density at radius 2 is 2.12 bits per heavy atom. The molecule has 0 radical (unpaired) electrons. The molecule has 1 aromatic carbocycles. The zero-order chi connectivity index (χ0) is 17.9. The molecule has 138 valence electrons. The number of aromatic nitrogens is 2. The molecule has 6 nitrogen and oxygen atoms in total. The number of likely N-dealkylation sites (tertiary alicyclic amines) is 1. The van der Waals surface area contributed by atoms with Crippen LogP contribution < -0.4 is 4.74 Å². The van der Waals surface area contributed by atoms with Crippen molar-refractivity contribution in [2.45, 2.75) is 56.9 Å². The van der Waals surface area contributed by atoms with Crippen LogP contribution in [-0.2, 0) is 11.2 Å². The number of benzene rings is 1. The van der Waals surface area contributed by atoms with Crippen molar-refractivity contribution in [2.75, 3.05) is 13.7 Å². The van der Waals surface area contributed by atoms with Crippen molar-refractivity contribution in [1.29, 1.82) is 0 Å². The minimum absolute atomic E-state index is 0.0751. The zero-order valence-electron chi connectivity index (χ0n) is 15.2. The molecule has 6 heteroatoms. The minimum Gasteiger partial charge on any atom is -0.496 e. The lowest BCUT2D eigenvalue weighted by atomic mass is 10.0. The molecule has 4 rings (SSSR count). The van der Waals surface area contributed by atoms with E-state index in [9.17, 15) is 4.79 Å². The Hall–Kier alpha value is -2.37. The molecule has 1 saturated carbocycles. The molecule has 1 aliphatic heterocycles. The Bertz CT molecular complexity index is 769. The highest BCUT2D eigenvalue weighted by molar-refractivity contribution is 5.77. The van der Waals surface area contributed by atoms with Gasteiger partial charge in [0, 0.05) is 18.9 Å². The van der Waals surface area contributed by atoms with Crippen LogP contribution in [0, 0.1) is 0 Å². The highest BCUT2D eigenvalue weighted by atomic mass is 16.5. The van der Waals surface area contributed by atoms with Gasteiger partial charge in [0.1, 0.15) is 11.8 Å². The van der Waals surface area contributed by atoms with E-state index >= 15 is 0 Å². The summed E-state index contributed by atoms with van der Waals surface area (Å²) in [6.07, 6.45) is 6.43. The van der Waals surface area contributed by atoms with Crippen molar-refractivity contribution < 1.29 is 14.1 Å². The number of hydrogen-bond acceptors (Lipinski definition) is 5. The van der Waals surface area contributed by atoms with Gasteiger partial charge in [0.15, 0.2) is 5.82 Å². The van der Waals surface area contributed by atoms with Crippen molar-refractivity contribution >= 4 is 5.91 Å². The first-order valence-electron chi connectivity index (χ1n) is 9.51. The average Bonchev–Trinajstić information content (AvgIpc) is 3.43. The largest absolute Gasteiger partial charge is 0.496 e. The predicted molar refractivity (Wildman–Crippen MR) is 95.9 cm³/mol. The van der Waals surface area contributed by atoms with Gasteiger partial charge < -0.3 is 14.2 Å². The molecule has 2 heterocycles. The number of carbonyl (C=O) groups excluding carboxylic acids is 1. The second kappa shape index (κ2) is 7.48. The highest BCUT2D eigenvalue weighted by Crippen LogP contribution is 2.39. The first-order valence-corrected chi connectivity index (χ1v) is 9.51. The molecule has 1 amide bonds. The first-order chi connectivity index (χ1) is 12.8. The summed E-state index contributed by atoms with van der Waals surface area (Å²) < 4.78 is 10.9. The second-order valence-electron chi connectivity index (χ2n) is 7.18. The maximum Gasteiger partial charge on any atom is 0.249 e. The second-order valence-corrected chi connectivity index (χ2v) is 7.18. The van der Waals surface area contributed by atoms with Crippen LogP contribution in [0.25, 0.3) is 0 Å². The molecule has 26 heavy (non-hydrogen) atoms. The molecule has 1 atom stereocenters. The van der Waals surface area contributed by atoms with Crippen LogP contribution in [0.2, 0.25) is 0 Å². The van der Waals surface area contributed by atoms with Crippen LogP contribution in [0.1, 0.15) is 67.8 Å². The van der Waals surface area contributed by atoms with Gasteiger partial charge >= 0.3 is 0 Å². The summed E-state index contributed by atoms with van der Waals surface area (Å²) in [4.78, 5) is 19.4. The van der Waals surface area contributed by atoms with Crippen LogP contribution >= 0.6 is 0 Å². The number of rotatable bonds is 6. The molecule has 2 aromatic rings. The smallest absolute Gasteiger partial charge is 0.249 e. The van der Waals surface area contributed by atoms with Gasteiger partial charge in [-0.1, -0.05) is 23.4 Å². The minimum atomic E-state index is -0.0751. The molecular weight excluding hydrogens is 330 g/mol. The number of hydrogen-bond donors (Lipinski definition) is 0. The Kier molecular flexibility index (Phi) is 4.91. The Labute approximate surface area is 153 Å². The number of carbonyl (C=O) groups is 1. The zero-order valence-corrected chi connectivity index (χ0v) is 15.2. The standard InChI is InChI=1S/C20H25N3O3/c1-25-17-8-3-2-6-14(17)11-12-18(24)23-13-5-4-7-16(23)20-21-19(22-26-20)15-9-10-15/h2-3,6,8,15-16H,4-5,7,9-13H2,1H3/t16-/m0/s1. The number of piperidine rings is 1. The molecule has 0 unspecified atom stereocenters. The van der Waals surface area contributed by atoms with Crippen molar-refractivity contribution in [1.82, 2.24) is 15.0 Å². The maximum atomic E-state index is 12.9. The summed E-state index contributed by atoms with van der Waals surface area (Å²) in [5, 5.41) is 4.12. The topological polar surface area (TPSA) is 68.5 Å². The van der Waals surface area contributed by atoms with E-state index in [1.54, 1.807) is 7.11 Å². The normalized spacial score (nSPS) is 20.2. The summed E-state index contributed by atoms with van der Waals surface area (Å²) in [6, 6.07) is 7.79. The number of para-hydroxylation sites is 1. The van der Waals surface area contributed by atoms with Gasteiger partial charge in [-0.3, -0.25) is 4.79 Å². The fourth-order valence-electron chi connectivity index (χ4n) is 3.67. The summed E-state index contributed by atoms with van der Waals surface area (Å²) in [5.41, 5.74) is 1.06. The van der Waals surface area contributed by atoms with Gasteiger partial charge in [-0.15, -0.1) is 0 Å². The highest BCUT2D eigenvalue weighted by Gasteiger charge is 2.34. The predicted octanol–water partition coefficient (Wildman–Crippen LogP) is 3.64. The van der Waals surface area contributed by atoms with E-state index < -0.39 is 0 Å². The number of amides is 1.